The van der Waals surface area contributed by atoms with Gasteiger partial charge in [-0.2, -0.15) is 0 Å². The number of aliphatic hydroxyl groups is 1. The molecule has 4 rings (SSSR count). The molecule has 0 aliphatic rings. The van der Waals surface area contributed by atoms with Gasteiger partial charge in [0.15, 0.2) is 0 Å². The van der Waals surface area contributed by atoms with E-state index >= 15 is 0 Å². The van der Waals surface area contributed by atoms with Crippen molar-refractivity contribution in [1.29, 1.82) is 0 Å². The van der Waals surface area contributed by atoms with Crippen LogP contribution in [0.1, 0.15) is 32.7 Å². The first-order valence-electron chi connectivity index (χ1n) is 10.4. The van der Waals surface area contributed by atoms with Gasteiger partial charge in [-0.3, -0.25) is 9.59 Å². The van der Waals surface area contributed by atoms with Crippen LogP contribution in [0.4, 0.5) is 0 Å². The van der Waals surface area contributed by atoms with Crippen LogP contribution in [-0.4, -0.2) is 28.1 Å². The fourth-order valence-electron chi connectivity index (χ4n) is 3.30. The molecule has 0 fully saturated rings. The maximum Gasteiger partial charge on any atom is 0.274 e. The van der Waals surface area contributed by atoms with Crippen molar-refractivity contribution < 1.29 is 14.6 Å². The predicted octanol–water partition coefficient (Wildman–Crippen LogP) is 4.23. The van der Waals surface area contributed by atoms with Crippen LogP contribution < -0.4 is 15.6 Å². The average molecular weight is 441 g/mol. The summed E-state index contributed by atoms with van der Waals surface area (Å²) in [5.41, 5.74) is 3.62. The van der Waals surface area contributed by atoms with Crippen molar-refractivity contribution in [2.75, 3.05) is 7.11 Å². The molecule has 3 N–H and O–H groups in total. The molecule has 0 aliphatic carbocycles. The molecule has 0 radical (unpaired) electrons. The number of aromatic amines is 1. The number of carbonyl (C=O) groups is 1. The molecule has 0 aliphatic heterocycles. The molecule has 0 unspecified atom stereocenters. The summed E-state index contributed by atoms with van der Waals surface area (Å²) in [6.45, 7) is 2.41. The van der Waals surface area contributed by atoms with Crippen molar-refractivity contribution in [3.8, 4) is 5.75 Å². The number of aliphatic hydroxyl groups excluding tert-OH is 1. The van der Waals surface area contributed by atoms with E-state index in [0.717, 1.165) is 11.1 Å². The molecule has 1 amide bonds. The smallest absolute Gasteiger partial charge is 0.274 e. The minimum atomic E-state index is -0.472. The van der Waals surface area contributed by atoms with Crippen LogP contribution in [0.5, 0.6) is 5.75 Å². The van der Waals surface area contributed by atoms with Gasteiger partial charge >= 0.3 is 0 Å². The summed E-state index contributed by atoms with van der Waals surface area (Å²) in [5, 5.41) is 13.3. The maximum atomic E-state index is 12.6. The van der Waals surface area contributed by atoms with E-state index in [1.54, 1.807) is 49.6 Å². The van der Waals surface area contributed by atoms with E-state index in [9.17, 15) is 14.7 Å². The van der Waals surface area contributed by atoms with Gasteiger partial charge in [0, 0.05) is 23.7 Å². The van der Waals surface area contributed by atoms with Gasteiger partial charge in [0.2, 0.25) is 0 Å². The Balaban J connectivity index is 1.54. The number of methoxy groups -OCH3 is 1. The highest BCUT2D eigenvalue weighted by Gasteiger charge is 2.10. The number of H-pyrrole nitrogens is 1. The maximum absolute atomic E-state index is 12.6. The minimum Gasteiger partial charge on any atom is -0.507 e. The number of amides is 1. The summed E-state index contributed by atoms with van der Waals surface area (Å²) in [5.74, 6) is 0.313. The van der Waals surface area contributed by atoms with Gasteiger partial charge in [-0.05, 0) is 55.0 Å². The van der Waals surface area contributed by atoms with Crippen LogP contribution in [0.25, 0.3) is 22.9 Å². The molecular weight excluding hydrogens is 418 g/mol. The second-order valence-electron chi connectivity index (χ2n) is 7.61. The van der Waals surface area contributed by atoms with Crippen molar-refractivity contribution in [3.63, 3.8) is 0 Å². The van der Waals surface area contributed by atoms with Crippen LogP contribution in [-0.2, 0) is 6.54 Å². The Kier molecular flexibility index (Phi) is 6.22. The topological polar surface area (TPSA) is 104 Å². The van der Waals surface area contributed by atoms with Crippen LogP contribution in [0.15, 0.2) is 71.5 Å². The quantitative estimate of drug-likeness (QED) is 0.389. The normalized spacial score (nSPS) is 11.4. The highest BCUT2D eigenvalue weighted by molar-refractivity contribution is 5.97. The van der Waals surface area contributed by atoms with Crippen molar-refractivity contribution in [3.05, 3.63) is 105 Å². The van der Waals surface area contributed by atoms with Gasteiger partial charge in [0.25, 0.3) is 11.5 Å². The number of ether oxygens (including phenoxy) is 1. The fourth-order valence-corrected chi connectivity index (χ4v) is 3.30. The molecular formula is C26H23N3O4. The zero-order valence-corrected chi connectivity index (χ0v) is 18.3. The average Bonchev–Trinajstić information content (AvgIpc) is 2.83. The second kappa shape index (κ2) is 9.40. The number of aromatic nitrogens is 2. The number of rotatable bonds is 6. The van der Waals surface area contributed by atoms with Gasteiger partial charge < -0.3 is 20.1 Å². The van der Waals surface area contributed by atoms with E-state index in [-0.39, 0.29) is 17.4 Å². The van der Waals surface area contributed by atoms with Crippen LogP contribution in [0.3, 0.4) is 0 Å². The van der Waals surface area contributed by atoms with E-state index in [0.29, 0.717) is 34.5 Å². The fraction of sp³-hybridized carbons (Fsp3) is 0.115. The zero-order valence-electron chi connectivity index (χ0n) is 18.3. The number of nitrogens with one attached hydrogen (secondary N) is 2. The van der Waals surface area contributed by atoms with Gasteiger partial charge in [-0.1, -0.05) is 29.8 Å². The molecule has 0 bridgehead atoms. The molecule has 3 aromatic carbocycles. The Bertz CT molecular complexity index is 1390. The summed E-state index contributed by atoms with van der Waals surface area (Å²) in [6.07, 6.45) is 1.31. The molecule has 166 valence electrons. The highest BCUT2D eigenvalue weighted by atomic mass is 16.5. The Morgan fingerprint density at radius 1 is 1.06 bits per heavy atom. The molecule has 7 heteroatoms. The number of hydrogen-bond acceptors (Lipinski definition) is 5. The van der Waals surface area contributed by atoms with Gasteiger partial charge in [-0.15, -0.1) is 0 Å². The standard InChI is InChI=1S/C26H23N3O4/c1-16-3-5-17(6-4-16)15-27-25(31)19-9-12-21-22(13-19)29-26(32)23(28-21)14-24(30)18-7-10-20(33-2)11-8-18/h3-14,30H,15H2,1-2H3,(H,27,31)(H,29,32). The van der Waals surface area contributed by atoms with Crippen LogP contribution in [0, 0.1) is 6.92 Å². The third-order valence-electron chi connectivity index (χ3n) is 5.21. The molecule has 1 aromatic heterocycles. The molecule has 0 saturated carbocycles. The monoisotopic (exact) mass is 441 g/mol. The Morgan fingerprint density at radius 2 is 1.76 bits per heavy atom. The Hall–Kier alpha value is -4.39. The Morgan fingerprint density at radius 3 is 2.45 bits per heavy atom. The summed E-state index contributed by atoms with van der Waals surface area (Å²) in [7, 11) is 1.56. The summed E-state index contributed by atoms with van der Waals surface area (Å²) in [4.78, 5) is 32.2. The lowest BCUT2D eigenvalue weighted by Gasteiger charge is -2.07. The first-order chi connectivity index (χ1) is 15.9. The molecule has 1 heterocycles. The van der Waals surface area contributed by atoms with Gasteiger partial charge in [0.1, 0.15) is 17.2 Å². The Labute approximate surface area is 190 Å². The largest absolute Gasteiger partial charge is 0.507 e. The molecule has 0 saturated heterocycles. The number of aryl methyl sites for hydroxylation is 1. The molecule has 33 heavy (non-hydrogen) atoms. The number of carbonyl (C=O) groups excluding carboxylic acids is 1. The van der Waals surface area contributed by atoms with Crippen LogP contribution in [0.2, 0.25) is 0 Å². The highest BCUT2D eigenvalue weighted by Crippen LogP contribution is 2.19. The summed E-state index contributed by atoms with van der Waals surface area (Å²) >= 11 is 0. The van der Waals surface area contributed by atoms with Crippen molar-refractivity contribution in [2.24, 2.45) is 0 Å². The van der Waals surface area contributed by atoms with Crippen LogP contribution >= 0.6 is 0 Å². The minimum absolute atomic E-state index is 0.0624. The predicted molar refractivity (Wildman–Crippen MR) is 128 cm³/mol. The van der Waals surface area contributed by atoms with Crippen molar-refractivity contribution in [1.82, 2.24) is 15.3 Å². The third kappa shape index (κ3) is 5.10. The van der Waals surface area contributed by atoms with E-state index in [1.807, 2.05) is 31.2 Å². The number of hydrogen-bond donors (Lipinski definition) is 3. The lowest BCUT2D eigenvalue weighted by Crippen LogP contribution is -2.23. The summed E-state index contributed by atoms with van der Waals surface area (Å²) < 4.78 is 5.11. The van der Waals surface area contributed by atoms with Crippen molar-refractivity contribution >= 4 is 28.8 Å². The van der Waals surface area contributed by atoms with E-state index in [4.69, 9.17) is 4.74 Å². The third-order valence-corrected chi connectivity index (χ3v) is 5.21. The first-order valence-corrected chi connectivity index (χ1v) is 10.4. The first kappa shape index (κ1) is 21.8. The summed E-state index contributed by atoms with van der Waals surface area (Å²) in [6, 6.07) is 19.6. The number of nitrogens with zero attached hydrogens (tertiary/aromatic N) is 1. The lowest BCUT2D eigenvalue weighted by molar-refractivity contribution is 0.0951. The lowest BCUT2D eigenvalue weighted by atomic mass is 10.1. The number of benzene rings is 3. The van der Waals surface area contributed by atoms with Gasteiger partial charge in [0.05, 0.1) is 18.1 Å². The SMILES string of the molecule is COc1ccc(C(O)=Cc2nc3ccc(C(=O)NCc4ccc(C)cc4)cc3[nH]c2=O)cc1. The van der Waals surface area contributed by atoms with E-state index in [1.165, 1.54) is 6.08 Å². The zero-order chi connectivity index (χ0) is 23.4. The molecule has 0 spiro atoms. The van der Waals surface area contributed by atoms with E-state index < -0.39 is 5.56 Å². The molecule has 7 nitrogen and oxygen atoms in total. The van der Waals surface area contributed by atoms with Gasteiger partial charge in [-0.25, -0.2) is 4.98 Å². The van der Waals surface area contributed by atoms with E-state index in [2.05, 4.69) is 15.3 Å². The molecule has 4 aromatic rings. The molecule has 0 atom stereocenters. The van der Waals surface area contributed by atoms with Crippen molar-refractivity contribution in [2.45, 2.75) is 13.5 Å². The second-order valence-corrected chi connectivity index (χ2v) is 7.61. The number of fused-ring (bicyclic) bond motifs is 1.